The minimum absolute atomic E-state index is 0. The van der Waals surface area contributed by atoms with Crippen molar-refractivity contribution < 1.29 is 0 Å². The molecule has 3 heteroatoms. The summed E-state index contributed by atoms with van der Waals surface area (Å²) in [5.74, 6) is 0. The number of halogens is 1. The Labute approximate surface area is 152 Å². The maximum absolute atomic E-state index is 10.1. The number of fused-ring (bicyclic) bond motifs is 1. The molecule has 0 fully saturated rings. The zero-order valence-electron chi connectivity index (χ0n) is 15.0. The van der Waals surface area contributed by atoms with Crippen LogP contribution in [0.2, 0.25) is 0 Å². The first kappa shape index (κ1) is 20.2. The van der Waals surface area contributed by atoms with Gasteiger partial charge in [-0.25, -0.2) is 0 Å². The highest BCUT2D eigenvalue weighted by Gasteiger charge is 2.32. The number of allylic oxidation sites excluding steroid dienone is 2. The predicted molar refractivity (Wildman–Crippen MR) is 106 cm³/mol. The molecule has 0 amide bonds. The van der Waals surface area contributed by atoms with Crippen LogP contribution in [-0.4, -0.2) is 25.5 Å². The number of hydrogen-bond acceptors (Lipinski definition) is 2. The third-order valence-corrected chi connectivity index (χ3v) is 4.36. The first-order valence-corrected chi connectivity index (χ1v) is 8.16. The average molecular weight is 343 g/mol. The normalized spacial score (nSPS) is 13.0. The summed E-state index contributed by atoms with van der Waals surface area (Å²) in [6, 6.07) is 17.3. The fourth-order valence-corrected chi connectivity index (χ4v) is 2.94. The van der Waals surface area contributed by atoms with E-state index < -0.39 is 5.41 Å². The molecule has 0 aliphatic rings. The van der Waals surface area contributed by atoms with Gasteiger partial charge in [0.25, 0.3) is 0 Å². The Morgan fingerprint density at radius 1 is 1.12 bits per heavy atom. The molecular weight excluding hydrogens is 316 g/mol. The monoisotopic (exact) mass is 342 g/mol. The molecule has 1 unspecified atom stereocenters. The van der Waals surface area contributed by atoms with Gasteiger partial charge in [0.2, 0.25) is 0 Å². The third kappa shape index (κ3) is 4.60. The number of rotatable bonds is 6. The van der Waals surface area contributed by atoms with E-state index in [1.165, 1.54) is 16.3 Å². The van der Waals surface area contributed by atoms with Crippen LogP contribution >= 0.6 is 12.4 Å². The van der Waals surface area contributed by atoms with E-state index in [1.807, 2.05) is 0 Å². The van der Waals surface area contributed by atoms with Crippen molar-refractivity contribution in [2.75, 3.05) is 20.6 Å². The molecule has 0 aliphatic heterocycles. The molecule has 128 valence electrons. The molecule has 2 rings (SSSR count). The van der Waals surface area contributed by atoms with Gasteiger partial charge in [-0.2, -0.15) is 5.26 Å². The average Bonchev–Trinajstić information content (AvgIpc) is 2.55. The van der Waals surface area contributed by atoms with Crippen LogP contribution in [0.25, 0.3) is 10.8 Å². The lowest BCUT2D eigenvalue weighted by atomic mass is 9.74. The molecule has 0 heterocycles. The Bertz CT molecular complexity index is 734. The SMILES string of the molecule is CC(C)=CCC(C#N)(CCN(C)C)c1cccc2ccccc12.Cl. The standard InChI is InChI=1S/C21H26N2.ClH/c1-17(2)12-13-21(16-22,14-15-23(3)4)20-11-7-9-18-8-5-6-10-19(18)20;/h5-12H,13-15H2,1-4H3;1H. The van der Waals surface area contributed by atoms with Crippen LogP contribution in [0.4, 0.5) is 0 Å². The van der Waals surface area contributed by atoms with Crippen molar-refractivity contribution in [3.8, 4) is 6.07 Å². The highest BCUT2D eigenvalue weighted by atomic mass is 35.5. The van der Waals surface area contributed by atoms with Crippen molar-refractivity contribution in [2.24, 2.45) is 0 Å². The van der Waals surface area contributed by atoms with Gasteiger partial charge in [0.05, 0.1) is 11.5 Å². The molecule has 0 saturated heterocycles. The Morgan fingerprint density at radius 2 is 1.79 bits per heavy atom. The molecule has 2 aromatic carbocycles. The molecule has 0 aromatic heterocycles. The zero-order valence-corrected chi connectivity index (χ0v) is 15.9. The first-order valence-electron chi connectivity index (χ1n) is 8.16. The summed E-state index contributed by atoms with van der Waals surface area (Å²) in [4.78, 5) is 2.15. The highest BCUT2D eigenvalue weighted by molar-refractivity contribution is 5.87. The Morgan fingerprint density at radius 3 is 2.42 bits per heavy atom. The molecule has 0 aliphatic carbocycles. The van der Waals surface area contributed by atoms with Crippen molar-refractivity contribution >= 4 is 23.2 Å². The summed E-state index contributed by atoms with van der Waals surface area (Å²) in [6.07, 6.45) is 3.78. The topological polar surface area (TPSA) is 27.0 Å². The van der Waals surface area contributed by atoms with Crippen molar-refractivity contribution in [3.63, 3.8) is 0 Å². The number of hydrogen-bond donors (Lipinski definition) is 0. The van der Waals surface area contributed by atoms with Gasteiger partial charge in [-0.1, -0.05) is 54.1 Å². The number of nitrogens with zero attached hydrogens (tertiary/aromatic N) is 2. The quantitative estimate of drug-likeness (QED) is 0.663. The summed E-state index contributed by atoms with van der Waals surface area (Å²) in [7, 11) is 4.12. The summed E-state index contributed by atoms with van der Waals surface area (Å²) in [6.45, 7) is 5.09. The second kappa shape index (κ2) is 8.87. The minimum Gasteiger partial charge on any atom is -0.309 e. The second-order valence-electron chi connectivity index (χ2n) is 6.76. The maximum atomic E-state index is 10.1. The van der Waals surface area contributed by atoms with E-state index in [9.17, 15) is 5.26 Å². The second-order valence-corrected chi connectivity index (χ2v) is 6.76. The van der Waals surface area contributed by atoms with Gasteiger partial charge in [0.1, 0.15) is 0 Å². The molecule has 0 bridgehead atoms. The van der Waals surface area contributed by atoms with Gasteiger partial charge in [-0.15, -0.1) is 12.4 Å². The summed E-state index contributed by atoms with van der Waals surface area (Å²) >= 11 is 0. The van der Waals surface area contributed by atoms with Crippen LogP contribution < -0.4 is 0 Å². The van der Waals surface area contributed by atoms with E-state index in [4.69, 9.17) is 0 Å². The van der Waals surface area contributed by atoms with E-state index >= 15 is 0 Å². The molecule has 0 radical (unpaired) electrons. The van der Waals surface area contributed by atoms with Gasteiger partial charge in [0, 0.05) is 0 Å². The molecule has 1 atom stereocenters. The van der Waals surface area contributed by atoms with Crippen LogP contribution in [0, 0.1) is 11.3 Å². The van der Waals surface area contributed by atoms with E-state index in [-0.39, 0.29) is 12.4 Å². The number of nitriles is 1. The Hall–Kier alpha value is -1.82. The molecule has 0 N–H and O–H groups in total. The largest absolute Gasteiger partial charge is 0.309 e. The molecule has 2 nitrogen and oxygen atoms in total. The van der Waals surface area contributed by atoms with E-state index in [0.717, 1.165) is 24.9 Å². The fraction of sp³-hybridized carbons (Fsp3) is 0.381. The van der Waals surface area contributed by atoms with Crippen LogP contribution in [0.5, 0.6) is 0 Å². The van der Waals surface area contributed by atoms with Crippen LogP contribution in [-0.2, 0) is 5.41 Å². The van der Waals surface area contributed by atoms with Gasteiger partial charge in [0.15, 0.2) is 0 Å². The molecule has 0 spiro atoms. The predicted octanol–water partition coefficient (Wildman–Crippen LogP) is 5.33. The van der Waals surface area contributed by atoms with Crippen molar-refractivity contribution in [2.45, 2.75) is 32.1 Å². The van der Waals surface area contributed by atoms with Gasteiger partial charge >= 0.3 is 0 Å². The Kier molecular flexibility index (Phi) is 7.48. The molecular formula is C21H27ClN2. The number of benzene rings is 2. The Balaban J connectivity index is 0.00000288. The lowest BCUT2D eigenvalue weighted by Gasteiger charge is -2.29. The van der Waals surface area contributed by atoms with Crippen LogP contribution in [0.1, 0.15) is 32.3 Å². The third-order valence-electron chi connectivity index (χ3n) is 4.36. The van der Waals surface area contributed by atoms with Crippen molar-refractivity contribution in [1.29, 1.82) is 5.26 Å². The summed E-state index contributed by atoms with van der Waals surface area (Å²) in [5, 5.41) is 12.5. The summed E-state index contributed by atoms with van der Waals surface area (Å²) < 4.78 is 0. The lowest BCUT2D eigenvalue weighted by Crippen LogP contribution is -2.29. The van der Waals surface area contributed by atoms with Crippen molar-refractivity contribution in [1.82, 2.24) is 4.90 Å². The zero-order chi connectivity index (χ0) is 16.9. The fourth-order valence-electron chi connectivity index (χ4n) is 2.94. The van der Waals surface area contributed by atoms with E-state index in [0.29, 0.717) is 0 Å². The highest BCUT2D eigenvalue weighted by Crippen LogP contribution is 2.37. The lowest BCUT2D eigenvalue weighted by molar-refractivity contribution is 0.354. The van der Waals surface area contributed by atoms with Gasteiger partial charge in [-0.3, -0.25) is 0 Å². The molecule has 2 aromatic rings. The minimum atomic E-state index is -0.484. The maximum Gasteiger partial charge on any atom is 0.0874 e. The van der Waals surface area contributed by atoms with E-state index in [1.54, 1.807) is 0 Å². The summed E-state index contributed by atoms with van der Waals surface area (Å²) in [5.41, 5.74) is 1.93. The van der Waals surface area contributed by atoms with E-state index in [2.05, 4.69) is 87.5 Å². The van der Waals surface area contributed by atoms with Crippen molar-refractivity contribution in [3.05, 3.63) is 59.7 Å². The van der Waals surface area contributed by atoms with Gasteiger partial charge < -0.3 is 4.90 Å². The van der Waals surface area contributed by atoms with Crippen LogP contribution in [0.3, 0.4) is 0 Å². The smallest absolute Gasteiger partial charge is 0.0874 e. The molecule has 0 saturated carbocycles. The van der Waals surface area contributed by atoms with Crippen LogP contribution in [0.15, 0.2) is 54.1 Å². The first-order chi connectivity index (χ1) is 11.0. The molecule has 24 heavy (non-hydrogen) atoms. The van der Waals surface area contributed by atoms with Gasteiger partial charge in [-0.05, 0) is 63.7 Å².